The van der Waals surface area contributed by atoms with Crippen LogP contribution in [0, 0.1) is 0 Å². The zero-order valence-electron chi connectivity index (χ0n) is 54.9. The van der Waals surface area contributed by atoms with Crippen molar-refractivity contribution in [3.8, 4) is 0 Å². The second kappa shape index (κ2) is 70.8. The van der Waals surface area contributed by atoms with E-state index in [-0.39, 0.29) is 31.1 Å². The monoisotopic (exact) mass is 1160 g/mol. The van der Waals surface area contributed by atoms with Gasteiger partial charge in [-0.1, -0.05) is 336 Å². The Morgan fingerprint density at radius 2 is 0.470 bits per heavy atom. The molecule has 0 aliphatic carbocycles. The molecular weight excluding hydrogens is 1020 g/mol. The summed E-state index contributed by atoms with van der Waals surface area (Å²) in [5.74, 6) is -0.865. The van der Waals surface area contributed by atoms with E-state index < -0.39 is 6.10 Å². The Bertz CT molecular complexity index is 1610. The van der Waals surface area contributed by atoms with E-state index in [4.69, 9.17) is 14.2 Å². The molecule has 478 valence electrons. The van der Waals surface area contributed by atoms with Crippen molar-refractivity contribution >= 4 is 17.9 Å². The third-order valence-electron chi connectivity index (χ3n) is 15.6. The minimum atomic E-state index is -0.783. The summed E-state index contributed by atoms with van der Waals surface area (Å²) in [4.78, 5) is 38.5. The molecule has 0 N–H and O–H groups in total. The minimum Gasteiger partial charge on any atom is -0.462 e. The van der Waals surface area contributed by atoms with Crippen molar-refractivity contribution in [2.45, 2.75) is 361 Å². The van der Waals surface area contributed by atoms with Gasteiger partial charge >= 0.3 is 17.9 Å². The predicted molar refractivity (Wildman–Crippen MR) is 362 cm³/mol. The van der Waals surface area contributed by atoms with E-state index in [1.807, 2.05) is 0 Å². The lowest BCUT2D eigenvalue weighted by Crippen LogP contribution is -2.30. The molecule has 0 aliphatic heterocycles. The molecule has 83 heavy (non-hydrogen) atoms. The number of hydrogen-bond donors (Lipinski definition) is 0. The molecule has 0 bridgehead atoms. The molecule has 0 rings (SSSR count). The smallest absolute Gasteiger partial charge is 0.306 e. The fraction of sp³-hybridized carbons (Fsp3) is 0.753. The van der Waals surface area contributed by atoms with Gasteiger partial charge in [0.25, 0.3) is 0 Å². The van der Waals surface area contributed by atoms with E-state index >= 15 is 0 Å². The first-order chi connectivity index (χ1) is 41.0. The average Bonchev–Trinajstić information content (AvgIpc) is 3.49. The Morgan fingerprint density at radius 3 is 0.735 bits per heavy atom. The van der Waals surface area contributed by atoms with Crippen molar-refractivity contribution < 1.29 is 28.6 Å². The first kappa shape index (κ1) is 79.3. The van der Waals surface area contributed by atoms with Gasteiger partial charge in [0.1, 0.15) is 13.2 Å². The van der Waals surface area contributed by atoms with Crippen molar-refractivity contribution in [1.82, 2.24) is 0 Å². The molecule has 0 aromatic carbocycles. The maximum Gasteiger partial charge on any atom is 0.306 e. The van der Waals surface area contributed by atoms with Gasteiger partial charge < -0.3 is 14.2 Å². The molecule has 0 aliphatic rings. The van der Waals surface area contributed by atoms with Crippen molar-refractivity contribution in [1.29, 1.82) is 0 Å². The van der Waals surface area contributed by atoms with E-state index in [2.05, 4.69) is 118 Å². The highest BCUT2D eigenvalue weighted by molar-refractivity contribution is 5.71. The average molecular weight is 1160 g/mol. The predicted octanol–water partition coefficient (Wildman–Crippen LogP) is 24.8. The molecule has 0 saturated carbocycles. The highest BCUT2D eigenvalue weighted by Gasteiger charge is 2.19. The lowest BCUT2D eigenvalue weighted by Gasteiger charge is -2.18. The van der Waals surface area contributed by atoms with Gasteiger partial charge in [0.2, 0.25) is 0 Å². The molecule has 0 saturated heterocycles. The molecule has 0 radical (unpaired) electrons. The fourth-order valence-electron chi connectivity index (χ4n) is 10.3. The van der Waals surface area contributed by atoms with E-state index in [1.54, 1.807) is 0 Å². The zero-order chi connectivity index (χ0) is 59.9. The highest BCUT2D eigenvalue weighted by atomic mass is 16.6. The Hall–Kier alpha value is -3.67. The van der Waals surface area contributed by atoms with Gasteiger partial charge in [-0.2, -0.15) is 0 Å². The summed E-state index contributed by atoms with van der Waals surface area (Å²) >= 11 is 0. The summed E-state index contributed by atoms with van der Waals surface area (Å²) in [6.45, 7) is 6.47. The van der Waals surface area contributed by atoms with E-state index in [0.717, 1.165) is 109 Å². The molecule has 0 aromatic rings. The lowest BCUT2D eigenvalue weighted by molar-refractivity contribution is -0.167. The molecule has 0 aromatic heterocycles. The van der Waals surface area contributed by atoms with Gasteiger partial charge in [-0.05, 0) is 96.3 Å². The van der Waals surface area contributed by atoms with Crippen LogP contribution < -0.4 is 0 Å². The minimum absolute atomic E-state index is 0.0767. The number of carbonyl (C=O) groups is 3. The Labute approximate surface area is 515 Å². The van der Waals surface area contributed by atoms with Crippen LogP contribution in [-0.2, 0) is 28.6 Å². The molecule has 1 unspecified atom stereocenters. The van der Waals surface area contributed by atoms with Crippen LogP contribution in [0.3, 0.4) is 0 Å². The van der Waals surface area contributed by atoms with Crippen molar-refractivity contribution in [3.63, 3.8) is 0 Å². The first-order valence-corrected chi connectivity index (χ1v) is 35.7. The zero-order valence-corrected chi connectivity index (χ0v) is 54.9. The number of rotatable bonds is 65. The molecular formula is C77H134O6. The summed E-state index contributed by atoms with van der Waals surface area (Å²) < 4.78 is 17.0. The SMILES string of the molecule is CC/C=C\C/C=C\C/C=C\C/C=C\CCCCCCCCCCCCC(=O)OCC(COC(=O)CCCCCCCCCCCCCCCCCCCCC)OC(=O)CCCCCCCCCCCC/C=C\C/C=C\C/C=C\C/C=C\CC. The van der Waals surface area contributed by atoms with E-state index in [9.17, 15) is 14.4 Å². The molecule has 0 fully saturated rings. The van der Waals surface area contributed by atoms with Gasteiger partial charge in [0.15, 0.2) is 6.10 Å². The normalized spacial score (nSPS) is 12.7. The van der Waals surface area contributed by atoms with Gasteiger partial charge in [0.05, 0.1) is 0 Å². The topological polar surface area (TPSA) is 78.9 Å². The fourth-order valence-corrected chi connectivity index (χ4v) is 10.3. The van der Waals surface area contributed by atoms with Gasteiger partial charge in [-0.25, -0.2) is 0 Å². The lowest BCUT2D eigenvalue weighted by atomic mass is 10.0. The molecule has 1 atom stereocenters. The van der Waals surface area contributed by atoms with Crippen LogP contribution in [0.1, 0.15) is 355 Å². The van der Waals surface area contributed by atoms with Crippen LogP contribution >= 0.6 is 0 Å². The van der Waals surface area contributed by atoms with Gasteiger partial charge in [0, 0.05) is 19.3 Å². The summed E-state index contributed by atoms with van der Waals surface area (Å²) in [6.07, 6.45) is 95.7. The summed E-state index contributed by atoms with van der Waals surface area (Å²) in [7, 11) is 0. The second-order valence-electron chi connectivity index (χ2n) is 23.7. The largest absolute Gasteiger partial charge is 0.462 e. The number of esters is 3. The Balaban J connectivity index is 4.37. The Kier molecular flexibility index (Phi) is 67.7. The Morgan fingerprint density at radius 1 is 0.253 bits per heavy atom. The van der Waals surface area contributed by atoms with Crippen LogP contribution in [0.25, 0.3) is 0 Å². The number of hydrogen-bond acceptors (Lipinski definition) is 6. The van der Waals surface area contributed by atoms with Crippen LogP contribution in [0.2, 0.25) is 0 Å². The highest BCUT2D eigenvalue weighted by Crippen LogP contribution is 2.18. The molecule has 0 amide bonds. The summed E-state index contributed by atoms with van der Waals surface area (Å²) in [6, 6.07) is 0. The number of unbranched alkanes of at least 4 members (excludes halogenated alkanes) is 38. The van der Waals surface area contributed by atoms with Crippen LogP contribution in [0.15, 0.2) is 97.2 Å². The second-order valence-corrected chi connectivity index (χ2v) is 23.7. The van der Waals surface area contributed by atoms with Crippen LogP contribution in [0.4, 0.5) is 0 Å². The first-order valence-electron chi connectivity index (χ1n) is 35.7. The molecule has 0 spiro atoms. The third-order valence-corrected chi connectivity index (χ3v) is 15.6. The summed E-state index contributed by atoms with van der Waals surface area (Å²) in [5.41, 5.74) is 0. The van der Waals surface area contributed by atoms with Gasteiger partial charge in [-0.15, -0.1) is 0 Å². The van der Waals surface area contributed by atoms with Crippen LogP contribution in [-0.4, -0.2) is 37.2 Å². The van der Waals surface area contributed by atoms with Crippen molar-refractivity contribution in [3.05, 3.63) is 97.2 Å². The van der Waals surface area contributed by atoms with Crippen LogP contribution in [0.5, 0.6) is 0 Å². The number of carbonyl (C=O) groups excluding carboxylic acids is 3. The standard InChI is InChI=1S/C77H134O6/c1-4-7-10-13-16-19-22-25-28-31-34-36-38-40-43-46-49-52-55-58-61-64-67-70-76(79)82-73-74(72-81-75(78)69-66-63-60-57-54-51-48-45-42-33-30-27-24-21-18-15-12-9-6-3)83-77(80)71-68-65-62-59-56-53-50-47-44-41-39-37-35-32-29-26-23-20-17-14-11-8-5-2/h7-8,10-11,16-17,19-20,25-26,28-29,34-37,74H,4-6,9,12-15,18,21-24,27,30-33,38-73H2,1-3H3/b10-7-,11-8-,19-16-,20-17-,28-25-,29-26-,36-34-,37-35-. The van der Waals surface area contributed by atoms with E-state index in [0.29, 0.717) is 19.3 Å². The number of allylic oxidation sites excluding steroid dienone is 16. The van der Waals surface area contributed by atoms with Gasteiger partial charge in [-0.3, -0.25) is 14.4 Å². The maximum atomic E-state index is 13.0. The number of ether oxygens (including phenoxy) is 3. The summed E-state index contributed by atoms with van der Waals surface area (Å²) in [5, 5.41) is 0. The molecule has 6 heteroatoms. The third kappa shape index (κ3) is 69.0. The maximum absolute atomic E-state index is 13.0. The van der Waals surface area contributed by atoms with Crippen molar-refractivity contribution in [2.75, 3.05) is 13.2 Å². The molecule has 0 heterocycles. The molecule has 6 nitrogen and oxygen atoms in total. The van der Waals surface area contributed by atoms with Crippen molar-refractivity contribution in [2.24, 2.45) is 0 Å². The quantitative estimate of drug-likeness (QED) is 0.0261. The van der Waals surface area contributed by atoms with E-state index in [1.165, 1.54) is 205 Å².